The maximum Gasteiger partial charge on any atom is 0.251 e. The van der Waals surface area contributed by atoms with Gasteiger partial charge in [0, 0.05) is 18.3 Å². The molecule has 92 valence electrons. The predicted molar refractivity (Wildman–Crippen MR) is 60.1 cm³/mol. The molecule has 0 saturated heterocycles. The van der Waals surface area contributed by atoms with Gasteiger partial charge in [-0.1, -0.05) is 0 Å². The van der Waals surface area contributed by atoms with E-state index in [9.17, 15) is 0 Å². The van der Waals surface area contributed by atoms with Gasteiger partial charge in [0.25, 0.3) is 5.95 Å². The van der Waals surface area contributed by atoms with E-state index in [1.165, 1.54) is 11.0 Å². The summed E-state index contributed by atoms with van der Waals surface area (Å²) in [6.07, 6.45) is 4.70. The van der Waals surface area contributed by atoms with Crippen LogP contribution in [-0.4, -0.2) is 31.3 Å². The van der Waals surface area contributed by atoms with Crippen molar-refractivity contribution in [2.45, 2.75) is 0 Å². The van der Waals surface area contributed by atoms with Crippen LogP contribution >= 0.6 is 0 Å². The molecule has 0 spiro atoms. The van der Waals surface area contributed by atoms with Gasteiger partial charge >= 0.3 is 0 Å². The summed E-state index contributed by atoms with van der Waals surface area (Å²) in [4.78, 5) is 21.4. The third-order valence-corrected chi connectivity index (χ3v) is 2.14. The molecule has 2 aromatic rings. The molecular weight excluding hydrogens is 238 g/mol. The SMILES string of the molecule is Nc1nc(NC2=CCOO2)nn1-c1ccncn1. The highest BCUT2D eigenvalue weighted by atomic mass is 17.2. The third-order valence-electron chi connectivity index (χ3n) is 2.14. The molecule has 0 atom stereocenters. The van der Waals surface area contributed by atoms with Gasteiger partial charge in [0.2, 0.25) is 11.8 Å². The summed E-state index contributed by atoms with van der Waals surface area (Å²) in [5.41, 5.74) is 5.75. The average molecular weight is 247 g/mol. The van der Waals surface area contributed by atoms with Crippen molar-refractivity contribution < 1.29 is 9.78 Å². The van der Waals surface area contributed by atoms with Gasteiger partial charge in [-0.05, 0) is 0 Å². The number of aromatic nitrogens is 5. The lowest BCUT2D eigenvalue weighted by Crippen LogP contribution is -2.05. The van der Waals surface area contributed by atoms with E-state index >= 15 is 0 Å². The first-order valence-electron chi connectivity index (χ1n) is 5.08. The zero-order valence-electron chi connectivity index (χ0n) is 9.15. The molecule has 3 rings (SSSR count). The average Bonchev–Trinajstić information content (AvgIpc) is 3.01. The summed E-state index contributed by atoms with van der Waals surface area (Å²) < 4.78 is 1.39. The largest absolute Gasteiger partial charge is 0.368 e. The van der Waals surface area contributed by atoms with Crippen LogP contribution in [0.1, 0.15) is 0 Å². The lowest BCUT2D eigenvalue weighted by molar-refractivity contribution is -0.232. The monoisotopic (exact) mass is 247 g/mol. The topological polar surface area (TPSA) is 113 Å². The maximum atomic E-state index is 5.75. The van der Waals surface area contributed by atoms with Crippen molar-refractivity contribution in [1.82, 2.24) is 24.7 Å². The molecule has 2 aromatic heterocycles. The fourth-order valence-corrected chi connectivity index (χ4v) is 1.38. The molecule has 0 bridgehead atoms. The quantitative estimate of drug-likeness (QED) is 0.720. The Morgan fingerprint density at radius 3 is 3.11 bits per heavy atom. The first kappa shape index (κ1) is 10.5. The number of rotatable bonds is 3. The first-order valence-corrected chi connectivity index (χ1v) is 5.08. The van der Waals surface area contributed by atoms with E-state index in [4.69, 9.17) is 10.6 Å². The van der Waals surface area contributed by atoms with Crippen molar-refractivity contribution in [1.29, 1.82) is 0 Å². The van der Waals surface area contributed by atoms with Gasteiger partial charge in [-0.25, -0.2) is 9.97 Å². The molecule has 0 fully saturated rings. The zero-order valence-corrected chi connectivity index (χ0v) is 9.15. The van der Waals surface area contributed by atoms with Crippen molar-refractivity contribution in [3.63, 3.8) is 0 Å². The molecule has 3 heterocycles. The fourth-order valence-electron chi connectivity index (χ4n) is 1.38. The normalized spacial score (nSPS) is 14.1. The molecule has 3 N–H and O–H groups in total. The summed E-state index contributed by atoms with van der Waals surface area (Å²) in [7, 11) is 0. The van der Waals surface area contributed by atoms with Gasteiger partial charge in [-0.2, -0.15) is 14.6 Å². The van der Waals surface area contributed by atoms with Crippen LogP contribution in [0.2, 0.25) is 0 Å². The molecule has 0 unspecified atom stereocenters. The van der Waals surface area contributed by atoms with Crippen LogP contribution in [0.5, 0.6) is 0 Å². The number of hydrogen-bond acceptors (Lipinski definition) is 8. The Labute approximate surface area is 101 Å². The van der Waals surface area contributed by atoms with Crippen LogP contribution in [-0.2, 0) is 9.78 Å². The van der Waals surface area contributed by atoms with E-state index < -0.39 is 0 Å². The van der Waals surface area contributed by atoms with Gasteiger partial charge in [0.05, 0.1) is 0 Å². The summed E-state index contributed by atoms with van der Waals surface area (Å²) in [6, 6.07) is 1.67. The van der Waals surface area contributed by atoms with Crippen molar-refractivity contribution >= 4 is 11.9 Å². The van der Waals surface area contributed by atoms with Crippen molar-refractivity contribution in [2.75, 3.05) is 17.7 Å². The Morgan fingerprint density at radius 1 is 1.44 bits per heavy atom. The summed E-state index contributed by atoms with van der Waals surface area (Å²) in [5, 5.41) is 6.97. The van der Waals surface area contributed by atoms with E-state index in [-0.39, 0.29) is 5.95 Å². The standard InChI is InChI=1S/C9H9N7O2/c10-8-14-9(13-7-2-4-17-18-7)15-16(8)6-1-3-11-5-12-6/h1-3,5H,4H2,(H3,10,13,14,15). The van der Waals surface area contributed by atoms with Crippen molar-refractivity contribution in [2.24, 2.45) is 0 Å². The van der Waals surface area contributed by atoms with E-state index in [2.05, 4.69) is 30.3 Å². The van der Waals surface area contributed by atoms with Crippen LogP contribution in [0, 0.1) is 0 Å². The summed E-state index contributed by atoms with van der Waals surface area (Å²) in [5.74, 6) is 1.45. The summed E-state index contributed by atoms with van der Waals surface area (Å²) in [6.45, 7) is 0.379. The van der Waals surface area contributed by atoms with Gasteiger partial charge < -0.3 is 10.6 Å². The molecule has 0 amide bonds. The second-order valence-electron chi connectivity index (χ2n) is 3.33. The number of nitrogens with one attached hydrogen (secondary N) is 1. The van der Waals surface area contributed by atoms with Crippen LogP contribution < -0.4 is 11.1 Å². The number of hydrogen-bond donors (Lipinski definition) is 2. The lowest BCUT2D eigenvalue weighted by Gasteiger charge is -2.00. The van der Waals surface area contributed by atoms with Crippen molar-refractivity contribution in [3.8, 4) is 5.82 Å². The molecule has 18 heavy (non-hydrogen) atoms. The molecule has 0 aromatic carbocycles. The Hall–Kier alpha value is -2.68. The highest BCUT2D eigenvalue weighted by Crippen LogP contribution is 2.14. The minimum atomic E-state index is 0.204. The highest BCUT2D eigenvalue weighted by Gasteiger charge is 2.13. The Morgan fingerprint density at radius 2 is 2.39 bits per heavy atom. The lowest BCUT2D eigenvalue weighted by atomic mass is 10.6. The molecular formula is C9H9N7O2. The number of nitrogens with two attached hydrogens (primary N) is 1. The molecule has 1 aliphatic rings. The molecule has 0 radical (unpaired) electrons. The van der Waals surface area contributed by atoms with E-state index in [1.54, 1.807) is 18.3 Å². The highest BCUT2D eigenvalue weighted by molar-refractivity contribution is 5.40. The second kappa shape index (κ2) is 4.30. The van der Waals surface area contributed by atoms with Gasteiger partial charge in [-0.15, -0.1) is 5.10 Å². The minimum Gasteiger partial charge on any atom is -0.368 e. The predicted octanol–water partition coefficient (Wildman–Crippen LogP) is -0.145. The second-order valence-corrected chi connectivity index (χ2v) is 3.33. The van der Waals surface area contributed by atoms with E-state index in [0.29, 0.717) is 24.3 Å². The molecule has 0 aliphatic carbocycles. The third kappa shape index (κ3) is 1.94. The van der Waals surface area contributed by atoms with Crippen LogP contribution in [0.15, 0.2) is 30.5 Å². The molecule has 9 heteroatoms. The molecule has 0 saturated carbocycles. The van der Waals surface area contributed by atoms with E-state index in [1.807, 2.05) is 0 Å². The first-order chi connectivity index (χ1) is 8.83. The van der Waals surface area contributed by atoms with Gasteiger partial charge in [-0.3, -0.25) is 5.32 Å². The number of nitrogen functional groups attached to an aromatic ring is 1. The molecule has 9 nitrogen and oxygen atoms in total. The fraction of sp³-hybridized carbons (Fsp3) is 0.111. The van der Waals surface area contributed by atoms with Crippen LogP contribution in [0.3, 0.4) is 0 Å². The van der Waals surface area contributed by atoms with Gasteiger partial charge in [0.15, 0.2) is 5.82 Å². The number of anilines is 2. The number of nitrogens with zero attached hydrogens (tertiary/aromatic N) is 5. The Bertz CT molecular complexity index is 580. The van der Waals surface area contributed by atoms with Crippen molar-refractivity contribution in [3.05, 3.63) is 30.5 Å². The van der Waals surface area contributed by atoms with E-state index in [0.717, 1.165) is 0 Å². The minimum absolute atomic E-state index is 0.204. The maximum absolute atomic E-state index is 5.75. The zero-order chi connectivity index (χ0) is 12.4. The summed E-state index contributed by atoms with van der Waals surface area (Å²) >= 11 is 0. The van der Waals surface area contributed by atoms with Gasteiger partial charge in [0.1, 0.15) is 12.9 Å². The molecule has 1 aliphatic heterocycles. The Kier molecular flexibility index (Phi) is 2.50. The van der Waals surface area contributed by atoms with Crippen LogP contribution in [0.25, 0.3) is 5.82 Å². The smallest absolute Gasteiger partial charge is 0.251 e. The Balaban J connectivity index is 1.86. The van der Waals surface area contributed by atoms with Crippen LogP contribution in [0.4, 0.5) is 11.9 Å².